The zero-order valence-corrected chi connectivity index (χ0v) is 10.9. The van der Waals surface area contributed by atoms with Crippen LogP contribution in [0, 0.1) is 0 Å². The molecule has 6 nitrogen and oxygen atoms in total. The normalized spacial score (nSPS) is 10.5. The number of carbonyl (C=O) groups excluding carboxylic acids is 1. The summed E-state index contributed by atoms with van der Waals surface area (Å²) in [6, 6.07) is 6.41. The second-order valence-corrected chi connectivity index (χ2v) is 3.91. The number of hydrogen-bond acceptors (Lipinski definition) is 6. The van der Waals surface area contributed by atoms with Gasteiger partial charge in [-0.3, -0.25) is 0 Å². The molecule has 0 amide bonds. The number of ether oxygens (including phenoxy) is 2. The highest BCUT2D eigenvalue weighted by molar-refractivity contribution is 5.93. The molecule has 1 aromatic heterocycles. The second kappa shape index (κ2) is 6.21. The van der Waals surface area contributed by atoms with Crippen LogP contribution in [-0.4, -0.2) is 30.9 Å². The molecule has 1 heterocycles. The van der Waals surface area contributed by atoms with E-state index < -0.39 is 11.6 Å². The van der Waals surface area contributed by atoms with Gasteiger partial charge in [-0.2, -0.15) is 0 Å². The van der Waals surface area contributed by atoms with Crippen molar-refractivity contribution in [2.45, 2.75) is 6.92 Å². The van der Waals surface area contributed by atoms with Gasteiger partial charge in [0.1, 0.15) is 12.2 Å². The van der Waals surface area contributed by atoms with E-state index in [9.17, 15) is 9.59 Å². The first kappa shape index (κ1) is 14.1. The molecule has 0 saturated carbocycles. The first-order chi connectivity index (χ1) is 9.67. The van der Waals surface area contributed by atoms with E-state index in [1.54, 1.807) is 25.1 Å². The maximum absolute atomic E-state index is 11.8. The zero-order valence-electron chi connectivity index (χ0n) is 10.9. The number of para-hydroxylation sites is 1. The van der Waals surface area contributed by atoms with Crippen LogP contribution in [0.15, 0.2) is 33.5 Å². The van der Waals surface area contributed by atoms with Crippen LogP contribution in [0.4, 0.5) is 0 Å². The van der Waals surface area contributed by atoms with Gasteiger partial charge in [-0.05, 0) is 19.1 Å². The highest BCUT2D eigenvalue weighted by Crippen LogP contribution is 2.25. The van der Waals surface area contributed by atoms with Gasteiger partial charge in [-0.25, -0.2) is 9.59 Å². The third kappa shape index (κ3) is 2.80. The van der Waals surface area contributed by atoms with Crippen molar-refractivity contribution in [1.29, 1.82) is 0 Å². The minimum Gasteiger partial charge on any atom is -0.487 e. The Bertz CT molecular complexity index is 673. The minimum absolute atomic E-state index is 0.0858. The Morgan fingerprint density at radius 3 is 2.90 bits per heavy atom. The molecule has 1 N–H and O–H groups in total. The molecule has 0 bridgehead atoms. The van der Waals surface area contributed by atoms with E-state index in [4.69, 9.17) is 19.0 Å². The molecule has 1 aromatic carbocycles. The quantitative estimate of drug-likeness (QED) is 0.656. The molecule has 0 aliphatic rings. The number of carbonyl (C=O) groups is 1. The van der Waals surface area contributed by atoms with Crippen molar-refractivity contribution < 1.29 is 23.8 Å². The van der Waals surface area contributed by atoms with Crippen molar-refractivity contribution in [1.82, 2.24) is 0 Å². The Balaban J connectivity index is 2.50. The summed E-state index contributed by atoms with van der Waals surface area (Å²) in [6.45, 7) is 1.77. The van der Waals surface area contributed by atoms with E-state index in [1.807, 2.05) is 0 Å². The lowest BCUT2D eigenvalue weighted by Crippen LogP contribution is -2.16. The van der Waals surface area contributed by atoms with Gasteiger partial charge >= 0.3 is 11.6 Å². The number of aliphatic hydroxyl groups is 1. The van der Waals surface area contributed by atoms with E-state index in [0.717, 1.165) is 0 Å². The van der Waals surface area contributed by atoms with Gasteiger partial charge in [0.25, 0.3) is 0 Å². The summed E-state index contributed by atoms with van der Waals surface area (Å²) in [6.07, 6.45) is 0. The monoisotopic (exact) mass is 278 g/mol. The minimum atomic E-state index is -0.781. The molecule has 0 radical (unpaired) electrons. The summed E-state index contributed by atoms with van der Waals surface area (Å²) in [5, 5.41) is 9.30. The van der Waals surface area contributed by atoms with Crippen LogP contribution in [0.2, 0.25) is 0 Å². The van der Waals surface area contributed by atoms with Crippen molar-refractivity contribution in [3.8, 4) is 5.75 Å². The van der Waals surface area contributed by atoms with Gasteiger partial charge in [-0.1, -0.05) is 12.1 Å². The zero-order chi connectivity index (χ0) is 14.5. The first-order valence-electron chi connectivity index (χ1n) is 6.15. The highest BCUT2D eigenvalue weighted by Gasteiger charge is 2.16. The largest absolute Gasteiger partial charge is 0.487 e. The van der Waals surface area contributed by atoms with Crippen molar-refractivity contribution in [2.24, 2.45) is 0 Å². The number of aliphatic hydroxyl groups excluding tert-OH is 1. The predicted octanol–water partition coefficient (Wildman–Crippen LogP) is 1.34. The van der Waals surface area contributed by atoms with E-state index in [-0.39, 0.29) is 31.0 Å². The van der Waals surface area contributed by atoms with Crippen LogP contribution in [0.1, 0.15) is 17.3 Å². The molecule has 2 rings (SSSR count). The van der Waals surface area contributed by atoms with Crippen molar-refractivity contribution in [3.05, 3.63) is 40.2 Å². The van der Waals surface area contributed by atoms with Crippen LogP contribution in [0.25, 0.3) is 11.0 Å². The predicted molar refractivity (Wildman–Crippen MR) is 71.0 cm³/mol. The van der Waals surface area contributed by atoms with Gasteiger partial charge in [-0.15, -0.1) is 0 Å². The van der Waals surface area contributed by atoms with Crippen molar-refractivity contribution in [2.75, 3.05) is 19.8 Å². The number of fused-ring (bicyclic) bond motifs is 1. The molecule has 0 saturated heterocycles. The fourth-order valence-electron chi connectivity index (χ4n) is 1.74. The van der Waals surface area contributed by atoms with E-state index in [0.29, 0.717) is 11.1 Å². The molecule has 0 unspecified atom stereocenters. The third-order valence-electron chi connectivity index (χ3n) is 2.57. The average Bonchev–Trinajstić information content (AvgIpc) is 2.44. The van der Waals surface area contributed by atoms with E-state index in [1.165, 1.54) is 6.07 Å². The summed E-state index contributed by atoms with van der Waals surface area (Å²) < 4.78 is 15.2. The lowest BCUT2D eigenvalue weighted by Gasteiger charge is -2.07. The van der Waals surface area contributed by atoms with Gasteiger partial charge in [0.15, 0.2) is 11.3 Å². The Labute approximate surface area is 114 Å². The van der Waals surface area contributed by atoms with Gasteiger partial charge in [0.2, 0.25) is 0 Å². The molecular formula is C14H14O6. The molecular weight excluding hydrogens is 264 g/mol. The molecule has 0 aliphatic carbocycles. The fourth-order valence-corrected chi connectivity index (χ4v) is 1.74. The standard InChI is InChI=1S/C14H14O6/c1-2-18-13(16)10-8-9-4-3-5-11(19-7-6-15)12(9)20-14(10)17/h3-5,8,15H,2,6-7H2,1H3. The van der Waals surface area contributed by atoms with Gasteiger partial charge in [0, 0.05) is 5.39 Å². The summed E-state index contributed by atoms with van der Waals surface area (Å²) >= 11 is 0. The molecule has 2 aromatic rings. The van der Waals surface area contributed by atoms with E-state index >= 15 is 0 Å². The molecule has 0 fully saturated rings. The summed E-state index contributed by atoms with van der Waals surface area (Å²) in [7, 11) is 0. The lowest BCUT2D eigenvalue weighted by molar-refractivity contribution is 0.0521. The molecule has 0 atom stereocenters. The lowest BCUT2D eigenvalue weighted by atomic mass is 10.2. The smallest absolute Gasteiger partial charge is 0.351 e. The van der Waals surface area contributed by atoms with Crippen LogP contribution < -0.4 is 10.4 Å². The third-order valence-corrected chi connectivity index (χ3v) is 2.57. The van der Waals surface area contributed by atoms with E-state index in [2.05, 4.69) is 0 Å². The Morgan fingerprint density at radius 1 is 1.40 bits per heavy atom. The fraction of sp³-hybridized carbons (Fsp3) is 0.286. The number of benzene rings is 1. The number of rotatable bonds is 5. The maximum atomic E-state index is 11.8. The Morgan fingerprint density at radius 2 is 2.20 bits per heavy atom. The SMILES string of the molecule is CCOC(=O)c1cc2cccc(OCCO)c2oc1=O. The summed E-state index contributed by atoms with van der Waals surface area (Å²) in [4.78, 5) is 23.4. The van der Waals surface area contributed by atoms with Crippen LogP contribution in [-0.2, 0) is 4.74 Å². The topological polar surface area (TPSA) is 86.0 Å². The van der Waals surface area contributed by atoms with Crippen LogP contribution >= 0.6 is 0 Å². The first-order valence-corrected chi connectivity index (χ1v) is 6.15. The van der Waals surface area contributed by atoms with Gasteiger partial charge in [0.05, 0.1) is 13.2 Å². The average molecular weight is 278 g/mol. The summed E-state index contributed by atoms with van der Waals surface area (Å²) in [5.41, 5.74) is -0.700. The molecule has 6 heteroatoms. The van der Waals surface area contributed by atoms with Crippen molar-refractivity contribution in [3.63, 3.8) is 0 Å². The van der Waals surface area contributed by atoms with Gasteiger partial charge < -0.3 is 19.0 Å². The van der Waals surface area contributed by atoms with Crippen molar-refractivity contribution >= 4 is 16.9 Å². The highest BCUT2D eigenvalue weighted by atomic mass is 16.5. The van der Waals surface area contributed by atoms with Crippen LogP contribution in [0.3, 0.4) is 0 Å². The maximum Gasteiger partial charge on any atom is 0.351 e. The molecule has 20 heavy (non-hydrogen) atoms. The summed E-state index contributed by atoms with van der Waals surface area (Å²) in [5.74, 6) is -0.381. The molecule has 0 aliphatic heterocycles. The number of esters is 1. The number of hydrogen-bond donors (Lipinski definition) is 1. The Hall–Kier alpha value is -2.34. The molecule has 0 spiro atoms. The Kier molecular flexibility index (Phi) is 4.37. The van der Waals surface area contributed by atoms with Crippen LogP contribution in [0.5, 0.6) is 5.75 Å². The molecule has 106 valence electrons. The second-order valence-electron chi connectivity index (χ2n) is 3.91.